The summed E-state index contributed by atoms with van der Waals surface area (Å²) in [5.74, 6) is 6.19. The van der Waals surface area contributed by atoms with E-state index in [0.717, 1.165) is 15.2 Å². The monoisotopic (exact) mass is 430 g/mol. The van der Waals surface area contributed by atoms with Gasteiger partial charge in [-0.25, -0.2) is 0 Å². The average Bonchev–Trinajstić information content (AvgIpc) is 2.52. The van der Waals surface area contributed by atoms with Gasteiger partial charge in [-0.3, -0.25) is 0 Å². The van der Waals surface area contributed by atoms with E-state index in [0.29, 0.717) is 0 Å². The zero-order valence-electron chi connectivity index (χ0n) is 11.2. The average molecular weight is 430 g/mol. The van der Waals surface area contributed by atoms with E-state index in [-0.39, 0.29) is 0 Å². The fraction of sp³-hybridized carbons (Fsp3) is 0.0556. The van der Waals surface area contributed by atoms with Crippen LogP contribution < -0.4 is 0 Å². The van der Waals surface area contributed by atoms with Crippen LogP contribution in [0.4, 0.5) is 0 Å². The van der Waals surface area contributed by atoms with Crippen LogP contribution in [-0.2, 0) is 24.1 Å². The Morgan fingerprint density at radius 2 is 1.70 bits per heavy atom. The quantitative estimate of drug-likeness (QED) is 0.535. The van der Waals surface area contributed by atoms with Gasteiger partial charge in [0.25, 0.3) is 0 Å². The van der Waals surface area contributed by atoms with Crippen LogP contribution in [0.2, 0.25) is 0 Å². The van der Waals surface area contributed by atoms with Crippen molar-refractivity contribution in [3.63, 3.8) is 0 Å². The van der Waals surface area contributed by atoms with Crippen LogP contribution in [0.5, 0.6) is 0 Å². The summed E-state index contributed by atoms with van der Waals surface area (Å²) < 4.78 is 5.90. The van der Waals surface area contributed by atoms with Crippen LogP contribution in [0.3, 0.4) is 0 Å². The minimum absolute atomic E-state index is 0.798. The van der Waals surface area contributed by atoms with Gasteiger partial charge in [0.2, 0.25) is 0 Å². The summed E-state index contributed by atoms with van der Waals surface area (Å²) in [4.78, 5) is 0. The van der Waals surface area contributed by atoms with Gasteiger partial charge in [-0.1, -0.05) is 0 Å². The summed E-state index contributed by atoms with van der Waals surface area (Å²) in [7, 11) is 1.65. The number of ether oxygens (including phenoxy) is 1. The Bertz CT molecular complexity index is 675. The third-order valence-electron chi connectivity index (χ3n) is 2.70. The second-order valence-corrected chi connectivity index (χ2v) is 5.40. The Morgan fingerprint density at radius 1 is 1.00 bits per heavy atom. The van der Waals surface area contributed by atoms with Gasteiger partial charge >= 0.3 is 131 Å². The van der Waals surface area contributed by atoms with Crippen molar-refractivity contribution in [2.24, 2.45) is 0 Å². The van der Waals surface area contributed by atoms with E-state index < -0.39 is 0 Å². The van der Waals surface area contributed by atoms with Gasteiger partial charge in [0.05, 0.1) is 0 Å². The Hall–Kier alpha value is -1.74. The Morgan fingerprint density at radius 3 is 2.45 bits per heavy atom. The first kappa shape index (κ1) is 14.7. The van der Waals surface area contributed by atoms with Crippen molar-refractivity contribution in [1.82, 2.24) is 0 Å². The van der Waals surface area contributed by atoms with E-state index in [1.807, 2.05) is 36.4 Å². The van der Waals surface area contributed by atoms with Crippen molar-refractivity contribution in [1.29, 1.82) is 0 Å². The molecule has 0 saturated heterocycles. The Labute approximate surface area is 130 Å². The van der Waals surface area contributed by atoms with Crippen molar-refractivity contribution >= 4 is 16.2 Å². The number of rotatable bonds is 3. The molecule has 1 nitrogen and oxygen atoms in total. The standard InChI is InChI=1S/C18H14O.W/c1-19-15-7-12-17-10-5-6-11-18(17)14-13-16-8-3-2-4-9-16;/h2-6,8-11,13-14H,1H3;/b14-13+;. The molecule has 0 atom stereocenters. The molecule has 0 saturated carbocycles. The first-order chi connectivity index (χ1) is 9.79. The second-order valence-electron chi connectivity index (χ2n) is 4.07. The molecule has 0 heterocycles. The minimum atomic E-state index is 0.798. The molecule has 98 valence electrons. The molecule has 0 aliphatic heterocycles. The van der Waals surface area contributed by atoms with E-state index in [1.165, 1.54) is 24.9 Å². The van der Waals surface area contributed by atoms with Crippen LogP contribution in [0.25, 0.3) is 12.2 Å². The van der Waals surface area contributed by atoms with Crippen molar-refractivity contribution in [2.45, 2.75) is 0 Å². The third kappa shape index (κ3) is 4.42. The van der Waals surface area contributed by atoms with Gasteiger partial charge in [-0.2, -0.15) is 0 Å². The molecule has 2 aromatic rings. The number of methoxy groups -OCH3 is 1. The third-order valence-corrected chi connectivity index (χ3v) is 3.67. The molecular weight excluding hydrogens is 416 g/mol. The summed E-state index contributed by atoms with van der Waals surface area (Å²) in [5, 5.41) is 0. The Kier molecular flexibility index (Phi) is 5.68. The van der Waals surface area contributed by atoms with E-state index in [9.17, 15) is 0 Å². The summed E-state index contributed by atoms with van der Waals surface area (Å²) in [5.41, 5.74) is 3.30. The first-order valence-corrected chi connectivity index (χ1v) is 7.68. The van der Waals surface area contributed by atoms with Gasteiger partial charge in [0.15, 0.2) is 0 Å². The molecule has 0 amide bonds. The molecule has 0 N–H and O–H groups in total. The molecule has 2 rings (SSSR count). The summed E-state index contributed by atoms with van der Waals surface area (Å²) in [6.07, 6.45) is 4.19. The topological polar surface area (TPSA) is 9.23 Å². The predicted molar refractivity (Wildman–Crippen MR) is 80.7 cm³/mol. The molecule has 0 spiro atoms. The molecule has 20 heavy (non-hydrogen) atoms. The second kappa shape index (κ2) is 7.75. The number of benzene rings is 2. The molecule has 0 aliphatic rings. The van der Waals surface area contributed by atoms with Crippen molar-refractivity contribution < 1.29 is 24.1 Å². The zero-order valence-corrected chi connectivity index (χ0v) is 14.1. The molecule has 0 unspecified atom stereocenters. The van der Waals surface area contributed by atoms with Crippen LogP contribution in [0, 0.1) is 11.8 Å². The number of hydrogen-bond acceptors (Lipinski definition) is 1. The van der Waals surface area contributed by atoms with E-state index >= 15 is 0 Å². The van der Waals surface area contributed by atoms with Crippen molar-refractivity contribution in [3.8, 4) is 11.8 Å². The van der Waals surface area contributed by atoms with Gasteiger partial charge in [0, 0.05) is 0 Å². The summed E-state index contributed by atoms with van der Waals surface area (Å²) in [6, 6.07) is 18.4. The predicted octanol–water partition coefficient (Wildman–Crippen LogP) is 3.53. The fourth-order valence-corrected chi connectivity index (χ4v) is 1.86. The molecule has 0 fully saturated rings. The molecule has 2 aromatic carbocycles. The van der Waals surface area contributed by atoms with Crippen molar-refractivity contribution in [3.05, 3.63) is 71.3 Å². The first-order valence-electron chi connectivity index (χ1n) is 6.22. The van der Waals surface area contributed by atoms with Gasteiger partial charge in [-0.05, 0) is 0 Å². The fourth-order valence-electron chi connectivity index (χ4n) is 1.68. The maximum absolute atomic E-state index is 5.10. The molecule has 2 heteroatoms. The van der Waals surface area contributed by atoms with E-state index in [2.05, 4.69) is 42.2 Å². The molecular formula is C18H14OW. The van der Waals surface area contributed by atoms with Crippen LogP contribution in [-0.4, -0.2) is 11.2 Å². The van der Waals surface area contributed by atoms with Crippen LogP contribution in [0.15, 0.2) is 54.6 Å². The van der Waals surface area contributed by atoms with Crippen LogP contribution >= 0.6 is 0 Å². The Balaban J connectivity index is 2.26. The zero-order chi connectivity index (χ0) is 14.2. The van der Waals surface area contributed by atoms with Crippen molar-refractivity contribution in [2.75, 3.05) is 7.11 Å². The maximum atomic E-state index is 5.10. The van der Waals surface area contributed by atoms with Gasteiger partial charge < -0.3 is 0 Å². The van der Waals surface area contributed by atoms with Gasteiger partial charge in [0.1, 0.15) is 0 Å². The molecule has 0 aromatic heterocycles. The molecule has 0 aliphatic carbocycles. The summed E-state index contributed by atoms with van der Waals surface area (Å²) in [6.45, 7) is 0. The van der Waals surface area contributed by atoms with Gasteiger partial charge in [-0.15, -0.1) is 0 Å². The van der Waals surface area contributed by atoms with E-state index in [1.54, 1.807) is 7.11 Å². The van der Waals surface area contributed by atoms with Crippen LogP contribution in [0.1, 0.15) is 16.7 Å². The number of hydrogen-bond donors (Lipinski definition) is 0. The normalized spacial score (nSPS) is 10.1. The summed E-state index contributed by atoms with van der Waals surface area (Å²) >= 11 is 1.24. The molecule has 0 radical (unpaired) electrons. The SMILES string of the molecule is CO[C](=[W])C#Cc1ccccc1/C=C/c1ccccc1. The molecule has 0 bridgehead atoms. The van der Waals surface area contributed by atoms with E-state index in [4.69, 9.17) is 4.74 Å².